The van der Waals surface area contributed by atoms with E-state index in [-0.39, 0.29) is 19.2 Å². The standard InChI is InChI=1S/C14H25NO4S/c1-12(2,3)19-11(17)15-6-4-14(18,8-15)13(9-16)5-7-20-10-13/h16,18H,4-10H2,1-3H3. The first kappa shape index (κ1) is 15.9. The van der Waals surface area contributed by atoms with Gasteiger partial charge in [0.1, 0.15) is 5.60 Å². The molecule has 20 heavy (non-hydrogen) atoms. The molecule has 2 heterocycles. The molecule has 0 aromatic carbocycles. The number of thioether (sulfide) groups is 1. The number of hydrogen-bond donors (Lipinski definition) is 2. The van der Waals surface area contributed by atoms with Gasteiger partial charge in [0.15, 0.2) is 0 Å². The van der Waals surface area contributed by atoms with Gasteiger partial charge in [-0.25, -0.2) is 4.79 Å². The van der Waals surface area contributed by atoms with E-state index in [0.717, 1.165) is 17.9 Å². The number of nitrogens with zero attached hydrogens (tertiary/aromatic N) is 1. The average molecular weight is 303 g/mol. The van der Waals surface area contributed by atoms with Crippen molar-refractivity contribution in [1.82, 2.24) is 4.90 Å². The summed E-state index contributed by atoms with van der Waals surface area (Å²) >= 11 is 1.76. The Morgan fingerprint density at radius 1 is 1.40 bits per heavy atom. The SMILES string of the molecule is CC(C)(C)OC(=O)N1CCC(O)(C2(CO)CCSC2)C1. The predicted octanol–water partition coefficient (Wildman–Crippen LogP) is 1.47. The third kappa shape index (κ3) is 2.92. The number of rotatable bonds is 2. The fraction of sp³-hybridized carbons (Fsp3) is 0.929. The Morgan fingerprint density at radius 2 is 2.10 bits per heavy atom. The first-order valence-corrected chi connectivity index (χ1v) is 8.26. The highest BCUT2D eigenvalue weighted by molar-refractivity contribution is 7.99. The zero-order valence-electron chi connectivity index (χ0n) is 12.5. The molecule has 2 unspecified atom stereocenters. The Kier molecular flexibility index (Phi) is 4.29. The molecular weight excluding hydrogens is 278 g/mol. The lowest BCUT2D eigenvalue weighted by Crippen LogP contribution is -2.53. The van der Waals surface area contributed by atoms with E-state index in [1.54, 1.807) is 16.7 Å². The van der Waals surface area contributed by atoms with Gasteiger partial charge >= 0.3 is 6.09 Å². The number of aliphatic hydroxyl groups excluding tert-OH is 1. The summed E-state index contributed by atoms with van der Waals surface area (Å²) in [6.45, 7) is 6.20. The Balaban J connectivity index is 2.05. The number of hydrogen-bond acceptors (Lipinski definition) is 5. The van der Waals surface area contributed by atoms with Gasteiger partial charge in [-0.2, -0.15) is 11.8 Å². The van der Waals surface area contributed by atoms with Crippen LogP contribution in [-0.4, -0.2) is 63.6 Å². The molecule has 0 aromatic heterocycles. The molecule has 2 atom stereocenters. The van der Waals surface area contributed by atoms with Crippen molar-refractivity contribution in [3.63, 3.8) is 0 Å². The normalized spacial score (nSPS) is 34.5. The lowest BCUT2D eigenvalue weighted by Gasteiger charge is -2.40. The first-order chi connectivity index (χ1) is 9.21. The fourth-order valence-corrected chi connectivity index (χ4v) is 4.53. The van der Waals surface area contributed by atoms with Crippen LogP contribution in [0.15, 0.2) is 0 Å². The third-order valence-electron chi connectivity index (χ3n) is 4.29. The smallest absolute Gasteiger partial charge is 0.410 e. The van der Waals surface area contributed by atoms with E-state index in [1.807, 2.05) is 20.8 Å². The Hall–Kier alpha value is -0.460. The number of likely N-dealkylation sites (tertiary alicyclic amines) is 1. The maximum Gasteiger partial charge on any atom is 0.410 e. The predicted molar refractivity (Wildman–Crippen MR) is 78.8 cm³/mol. The lowest BCUT2D eigenvalue weighted by molar-refractivity contribution is -0.0874. The molecule has 1 amide bonds. The Bertz CT molecular complexity index is 376. The number of aliphatic hydroxyl groups is 2. The highest BCUT2D eigenvalue weighted by Crippen LogP contribution is 2.48. The molecule has 2 aliphatic rings. The molecular formula is C14H25NO4S. The minimum absolute atomic E-state index is 0.0291. The molecule has 0 spiro atoms. The monoisotopic (exact) mass is 303 g/mol. The number of ether oxygens (including phenoxy) is 1. The van der Waals surface area contributed by atoms with Gasteiger partial charge in [-0.05, 0) is 39.4 Å². The molecule has 2 aliphatic heterocycles. The molecule has 5 nitrogen and oxygen atoms in total. The van der Waals surface area contributed by atoms with E-state index in [4.69, 9.17) is 4.74 Å². The molecule has 0 bridgehead atoms. The van der Waals surface area contributed by atoms with Gasteiger partial charge in [0, 0.05) is 17.7 Å². The maximum atomic E-state index is 12.1. The number of β-amino-alcohol motifs (C(OH)–C–C–N with tert-alkyl or cyclic N) is 1. The van der Waals surface area contributed by atoms with E-state index < -0.39 is 16.6 Å². The van der Waals surface area contributed by atoms with Crippen molar-refractivity contribution in [2.45, 2.75) is 44.8 Å². The van der Waals surface area contributed by atoms with Crippen LogP contribution in [-0.2, 0) is 4.74 Å². The van der Waals surface area contributed by atoms with E-state index in [2.05, 4.69) is 0 Å². The van der Waals surface area contributed by atoms with Crippen LogP contribution in [0.1, 0.15) is 33.6 Å². The van der Waals surface area contributed by atoms with Crippen molar-refractivity contribution in [2.24, 2.45) is 5.41 Å². The van der Waals surface area contributed by atoms with Gasteiger partial charge in [0.05, 0.1) is 18.8 Å². The van der Waals surface area contributed by atoms with Crippen LogP contribution >= 0.6 is 11.8 Å². The zero-order valence-corrected chi connectivity index (χ0v) is 13.3. The van der Waals surface area contributed by atoms with Crippen molar-refractivity contribution in [3.8, 4) is 0 Å². The number of amides is 1. The van der Waals surface area contributed by atoms with E-state index in [9.17, 15) is 15.0 Å². The highest BCUT2D eigenvalue weighted by atomic mass is 32.2. The van der Waals surface area contributed by atoms with Crippen LogP contribution in [0, 0.1) is 5.41 Å². The molecule has 2 saturated heterocycles. The summed E-state index contributed by atoms with van der Waals surface area (Å²) in [4.78, 5) is 13.6. The molecule has 0 saturated carbocycles. The van der Waals surface area contributed by atoms with Crippen molar-refractivity contribution in [2.75, 3.05) is 31.2 Å². The summed E-state index contributed by atoms with van der Waals surface area (Å²) in [6.07, 6.45) is 0.923. The van der Waals surface area contributed by atoms with Crippen molar-refractivity contribution in [3.05, 3.63) is 0 Å². The van der Waals surface area contributed by atoms with Gasteiger partial charge in [-0.15, -0.1) is 0 Å². The Labute approximate surface area is 124 Å². The highest BCUT2D eigenvalue weighted by Gasteiger charge is 2.55. The topological polar surface area (TPSA) is 70.0 Å². The van der Waals surface area contributed by atoms with Gasteiger partial charge in [0.2, 0.25) is 0 Å². The zero-order chi connectivity index (χ0) is 15.0. The quantitative estimate of drug-likeness (QED) is 0.808. The van der Waals surface area contributed by atoms with Crippen molar-refractivity contribution >= 4 is 17.9 Å². The molecule has 2 rings (SSSR count). The number of carbonyl (C=O) groups excluding carboxylic acids is 1. The van der Waals surface area contributed by atoms with Crippen LogP contribution in [0.3, 0.4) is 0 Å². The molecule has 116 valence electrons. The molecule has 2 N–H and O–H groups in total. The maximum absolute atomic E-state index is 12.1. The molecule has 2 fully saturated rings. The lowest BCUT2D eigenvalue weighted by atomic mass is 9.71. The summed E-state index contributed by atoms with van der Waals surface area (Å²) < 4.78 is 5.35. The second-order valence-electron chi connectivity index (χ2n) is 6.92. The molecule has 6 heteroatoms. The van der Waals surface area contributed by atoms with E-state index >= 15 is 0 Å². The van der Waals surface area contributed by atoms with Crippen LogP contribution in [0.2, 0.25) is 0 Å². The summed E-state index contributed by atoms with van der Waals surface area (Å²) in [6, 6.07) is 0. The fourth-order valence-electron chi connectivity index (χ4n) is 2.96. The molecule has 0 radical (unpaired) electrons. The second kappa shape index (κ2) is 5.39. The van der Waals surface area contributed by atoms with Gasteiger partial charge in [-0.1, -0.05) is 0 Å². The van der Waals surface area contributed by atoms with Gasteiger partial charge in [-0.3, -0.25) is 0 Å². The average Bonchev–Trinajstić information content (AvgIpc) is 2.94. The van der Waals surface area contributed by atoms with Crippen LogP contribution in [0.4, 0.5) is 4.79 Å². The summed E-state index contributed by atoms with van der Waals surface area (Å²) in [7, 11) is 0. The van der Waals surface area contributed by atoms with Crippen LogP contribution < -0.4 is 0 Å². The van der Waals surface area contributed by atoms with Crippen LogP contribution in [0.5, 0.6) is 0 Å². The van der Waals surface area contributed by atoms with E-state index in [0.29, 0.717) is 13.0 Å². The Morgan fingerprint density at radius 3 is 2.60 bits per heavy atom. The van der Waals surface area contributed by atoms with Crippen molar-refractivity contribution < 1.29 is 19.7 Å². The van der Waals surface area contributed by atoms with E-state index in [1.165, 1.54) is 0 Å². The summed E-state index contributed by atoms with van der Waals surface area (Å²) in [5.41, 5.74) is -2.01. The largest absolute Gasteiger partial charge is 0.444 e. The van der Waals surface area contributed by atoms with Crippen LogP contribution in [0.25, 0.3) is 0 Å². The minimum atomic E-state index is -0.998. The summed E-state index contributed by atoms with van der Waals surface area (Å²) in [5.74, 6) is 1.71. The minimum Gasteiger partial charge on any atom is -0.444 e. The summed E-state index contributed by atoms with van der Waals surface area (Å²) in [5, 5.41) is 20.7. The molecule has 0 aliphatic carbocycles. The van der Waals surface area contributed by atoms with Gasteiger partial charge in [0.25, 0.3) is 0 Å². The van der Waals surface area contributed by atoms with Gasteiger partial charge < -0.3 is 19.8 Å². The second-order valence-corrected chi connectivity index (χ2v) is 8.03. The molecule has 0 aromatic rings. The third-order valence-corrected chi connectivity index (χ3v) is 5.54. The van der Waals surface area contributed by atoms with Crippen molar-refractivity contribution in [1.29, 1.82) is 0 Å². The number of carbonyl (C=O) groups is 1. The first-order valence-electron chi connectivity index (χ1n) is 7.10.